The summed E-state index contributed by atoms with van der Waals surface area (Å²) in [5.41, 5.74) is 4.13. The van der Waals surface area contributed by atoms with Crippen molar-refractivity contribution in [3.8, 4) is 22.5 Å². The number of amides is 1. The molecule has 0 unspecified atom stereocenters. The van der Waals surface area contributed by atoms with Crippen LogP contribution in [0.25, 0.3) is 33.5 Å². The van der Waals surface area contributed by atoms with Gasteiger partial charge in [-0.25, -0.2) is 18.7 Å². The highest BCUT2D eigenvalue weighted by atomic mass is 19.1. The Morgan fingerprint density at radius 3 is 1.83 bits per heavy atom. The molecule has 4 nitrogen and oxygen atoms in total. The molecule has 0 radical (unpaired) electrons. The molecule has 1 aromatic heterocycles. The Morgan fingerprint density at radius 2 is 1.31 bits per heavy atom. The highest BCUT2D eigenvalue weighted by Crippen LogP contribution is 2.32. The highest BCUT2D eigenvalue weighted by molar-refractivity contribution is 6.00. The Kier molecular flexibility index (Phi) is 4.83. The van der Waals surface area contributed by atoms with Crippen LogP contribution in [0.5, 0.6) is 0 Å². The van der Waals surface area contributed by atoms with E-state index in [1.54, 1.807) is 42.5 Å². The van der Waals surface area contributed by atoms with Crippen molar-refractivity contribution in [3.63, 3.8) is 0 Å². The third kappa shape index (κ3) is 3.87. The van der Waals surface area contributed by atoms with Gasteiger partial charge >= 0.3 is 0 Å². The molecule has 0 saturated carbocycles. The van der Waals surface area contributed by atoms with Crippen molar-refractivity contribution in [2.45, 2.75) is 0 Å². The molecule has 0 saturated heterocycles. The number of nitrogens with one attached hydrogen (secondary N) is 1. The second kappa shape index (κ2) is 7.59. The minimum atomic E-state index is -0.361. The predicted molar refractivity (Wildman–Crippen MR) is 109 cm³/mol. The fraction of sp³-hybridized carbons (Fsp3) is 0. The van der Waals surface area contributed by atoms with Gasteiger partial charge in [-0.1, -0.05) is 6.58 Å². The number of benzene rings is 3. The van der Waals surface area contributed by atoms with Gasteiger partial charge in [0.1, 0.15) is 11.6 Å². The second-order valence-electron chi connectivity index (χ2n) is 6.33. The van der Waals surface area contributed by atoms with Gasteiger partial charge in [0.25, 0.3) is 0 Å². The van der Waals surface area contributed by atoms with Crippen molar-refractivity contribution in [1.29, 1.82) is 0 Å². The fourth-order valence-corrected chi connectivity index (χ4v) is 2.94. The van der Waals surface area contributed by atoms with Gasteiger partial charge in [-0.3, -0.25) is 4.79 Å². The first-order valence-corrected chi connectivity index (χ1v) is 8.80. The van der Waals surface area contributed by atoms with Gasteiger partial charge in [0.2, 0.25) is 5.91 Å². The Hall–Kier alpha value is -3.93. The van der Waals surface area contributed by atoms with E-state index < -0.39 is 0 Å². The summed E-state index contributed by atoms with van der Waals surface area (Å²) in [6, 6.07) is 17.0. The highest BCUT2D eigenvalue weighted by Gasteiger charge is 2.14. The lowest BCUT2D eigenvalue weighted by molar-refractivity contribution is -0.111. The number of carbonyl (C=O) groups excluding carboxylic acids is 1. The molecule has 0 fully saturated rings. The molecule has 1 heterocycles. The van der Waals surface area contributed by atoms with Crippen molar-refractivity contribution in [2.24, 2.45) is 0 Å². The molecular weight excluding hydrogens is 372 g/mol. The average molecular weight is 387 g/mol. The lowest BCUT2D eigenvalue weighted by atomic mass is 10.0. The summed E-state index contributed by atoms with van der Waals surface area (Å²) in [5, 5.41) is 2.69. The number of hydrogen-bond acceptors (Lipinski definition) is 3. The van der Waals surface area contributed by atoms with Crippen LogP contribution < -0.4 is 5.32 Å². The molecule has 3 aromatic carbocycles. The van der Waals surface area contributed by atoms with Crippen LogP contribution in [0.15, 0.2) is 79.4 Å². The summed E-state index contributed by atoms with van der Waals surface area (Å²) in [6.07, 6.45) is 1.18. The smallest absolute Gasteiger partial charge is 0.247 e. The molecule has 142 valence electrons. The van der Waals surface area contributed by atoms with Crippen LogP contribution >= 0.6 is 0 Å². The molecule has 6 heteroatoms. The minimum absolute atomic E-state index is 0.334. The van der Waals surface area contributed by atoms with Crippen molar-refractivity contribution >= 4 is 22.6 Å². The third-order valence-electron chi connectivity index (χ3n) is 4.35. The van der Waals surface area contributed by atoms with E-state index in [0.29, 0.717) is 39.2 Å². The number of nitrogens with zero attached hydrogens (tertiary/aromatic N) is 2. The second-order valence-corrected chi connectivity index (χ2v) is 6.33. The lowest BCUT2D eigenvalue weighted by Gasteiger charge is -2.12. The Labute approximate surface area is 165 Å². The zero-order valence-corrected chi connectivity index (χ0v) is 15.2. The molecule has 1 amide bonds. The summed E-state index contributed by atoms with van der Waals surface area (Å²) in [7, 11) is 0. The zero-order chi connectivity index (χ0) is 20.4. The van der Waals surface area contributed by atoms with E-state index >= 15 is 0 Å². The predicted octanol–water partition coefficient (Wildman–Crippen LogP) is 5.37. The monoisotopic (exact) mass is 387 g/mol. The first-order valence-electron chi connectivity index (χ1n) is 8.80. The summed E-state index contributed by atoms with van der Waals surface area (Å²) in [4.78, 5) is 21.0. The summed E-state index contributed by atoms with van der Waals surface area (Å²) < 4.78 is 26.8. The lowest BCUT2D eigenvalue weighted by Crippen LogP contribution is -2.07. The number of hydrogen-bond donors (Lipinski definition) is 1. The molecule has 4 rings (SSSR count). The summed E-state index contributed by atoms with van der Waals surface area (Å²) in [6.45, 7) is 3.43. The molecule has 0 bridgehead atoms. The number of halogens is 2. The SMILES string of the molecule is C=CC(=O)Nc1ccc2nc(-c3ccc(F)cc3)c(-c3ccc(F)cc3)nc2c1. The van der Waals surface area contributed by atoms with Crippen molar-refractivity contribution in [2.75, 3.05) is 5.32 Å². The summed E-state index contributed by atoms with van der Waals surface area (Å²) in [5.74, 6) is -1.05. The number of anilines is 1. The third-order valence-corrected chi connectivity index (χ3v) is 4.35. The van der Waals surface area contributed by atoms with E-state index in [1.807, 2.05) is 0 Å². The molecule has 0 aliphatic carbocycles. The van der Waals surface area contributed by atoms with E-state index in [-0.39, 0.29) is 17.5 Å². The van der Waals surface area contributed by atoms with E-state index in [2.05, 4.69) is 11.9 Å². The molecule has 4 aromatic rings. The maximum Gasteiger partial charge on any atom is 0.247 e. The molecule has 0 atom stereocenters. The minimum Gasteiger partial charge on any atom is -0.322 e. The van der Waals surface area contributed by atoms with Crippen LogP contribution in [0.3, 0.4) is 0 Å². The van der Waals surface area contributed by atoms with E-state index in [0.717, 1.165) is 0 Å². The Morgan fingerprint density at radius 1 is 0.793 bits per heavy atom. The first kappa shape index (κ1) is 18.4. The van der Waals surface area contributed by atoms with Crippen LogP contribution in [-0.2, 0) is 4.79 Å². The van der Waals surface area contributed by atoms with Gasteiger partial charge < -0.3 is 5.32 Å². The quantitative estimate of drug-likeness (QED) is 0.479. The van der Waals surface area contributed by atoms with Crippen molar-refractivity contribution in [3.05, 3.63) is 91.0 Å². The first-order chi connectivity index (χ1) is 14.0. The average Bonchev–Trinajstić information content (AvgIpc) is 2.74. The molecule has 0 aliphatic heterocycles. The Balaban J connectivity index is 1.92. The summed E-state index contributed by atoms with van der Waals surface area (Å²) >= 11 is 0. The van der Waals surface area contributed by atoms with E-state index in [4.69, 9.17) is 9.97 Å². The largest absolute Gasteiger partial charge is 0.322 e. The van der Waals surface area contributed by atoms with E-state index in [9.17, 15) is 13.6 Å². The molecule has 1 N–H and O–H groups in total. The number of fused-ring (bicyclic) bond motifs is 1. The molecule has 29 heavy (non-hydrogen) atoms. The van der Waals surface area contributed by atoms with Crippen molar-refractivity contribution in [1.82, 2.24) is 9.97 Å². The van der Waals surface area contributed by atoms with E-state index in [1.165, 1.54) is 30.3 Å². The van der Waals surface area contributed by atoms with Gasteiger partial charge in [0.15, 0.2) is 0 Å². The van der Waals surface area contributed by atoms with Crippen molar-refractivity contribution < 1.29 is 13.6 Å². The maximum absolute atomic E-state index is 13.4. The van der Waals surface area contributed by atoms with Crippen LogP contribution in [0, 0.1) is 11.6 Å². The fourth-order valence-electron chi connectivity index (χ4n) is 2.94. The number of aromatic nitrogens is 2. The standard InChI is InChI=1S/C23H15F2N3O/c1-2-21(29)26-18-11-12-19-20(13-18)28-23(15-5-9-17(25)10-6-15)22(27-19)14-3-7-16(24)8-4-14/h2-13H,1H2,(H,26,29). The Bertz CT molecular complexity index is 1220. The molecule has 0 spiro atoms. The van der Waals surface area contributed by atoms with Gasteiger partial charge in [-0.15, -0.1) is 0 Å². The van der Waals surface area contributed by atoms with Gasteiger partial charge in [-0.2, -0.15) is 0 Å². The number of carbonyl (C=O) groups is 1. The van der Waals surface area contributed by atoms with Gasteiger partial charge in [0, 0.05) is 16.8 Å². The molecular formula is C23H15F2N3O. The van der Waals surface area contributed by atoms with Crippen LogP contribution in [0.2, 0.25) is 0 Å². The number of rotatable bonds is 4. The zero-order valence-electron chi connectivity index (χ0n) is 15.2. The topological polar surface area (TPSA) is 54.9 Å². The van der Waals surface area contributed by atoms with Crippen LogP contribution in [0.1, 0.15) is 0 Å². The van der Waals surface area contributed by atoms with Gasteiger partial charge in [0.05, 0.1) is 22.4 Å². The normalized spacial score (nSPS) is 10.7. The van der Waals surface area contributed by atoms with Crippen LogP contribution in [-0.4, -0.2) is 15.9 Å². The molecule has 0 aliphatic rings. The van der Waals surface area contributed by atoms with Crippen LogP contribution in [0.4, 0.5) is 14.5 Å². The van der Waals surface area contributed by atoms with Gasteiger partial charge in [-0.05, 0) is 72.8 Å². The maximum atomic E-state index is 13.4.